The van der Waals surface area contributed by atoms with Crippen LogP contribution in [0.4, 0.5) is 0 Å². The average molecular weight is 335 g/mol. The molecule has 25 heavy (non-hydrogen) atoms. The van der Waals surface area contributed by atoms with Gasteiger partial charge in [0.25, 0.3) is 5.91 Å². The number of fused-ring (bicyclic) bond motifs is 2. The minimum absolute atomic E-state index is 0.0873. The fraction of sp³-hybridized carbons (Fsp3) is 0.524. The SMILES string of the molecule is O=C(c1cnc2n1CCCC2)N1CC2CCCCC21c1ccccc1. The Balaban J connectivity index is 1.53. The van der Waals surface area contributed by atoms with Crippen molar-refractivity contribution in [1.82, 2.24) is 14.5 Å². The molecule has 5 rings (SSSR count). The van der Waals surface area contributed by atoms with E-state index in [0.717, 1.165) is 43.9 Å². The van der Waals surface area contributed by atoms with Gasteiger partial charge in [-0.2, -0.15) is 0 Å². The van der Waals surface area contributed by atoms with Crippen molar-refractivity contribution in [2.75, 3.05) is 6.54 Å². The van der Waals surface area contributed by atoms with E-state index in [1.54, 1.807) is 0 Å². The van der Waals surface area contributed by atoms with E-state index in [4.69, 9.17) is 0 Å². The van der Waals surface area contributed by atoms with E-state index >= 15 is 0 Å². The quantitative estimate of drug-likeness (QED) is 0.838. The van der Waals surface area contributed by atoms with Gasteiger partial charge in [-0.15, -0.1) is 0 Å². The number of hydrogen-bond donors (Lipinski definition) is 0. The molecule has 2 atom stereocenters. The number of rotatable bonds is 2. The molecule has 3 heterocycles. The number of likely N-dealkylation sites (tertiary alicyclic amines) is 1. The molecule has 2 aromatic rings. The van der Waals surface area contributed by atoms with Crippen molar-refractivity contribution in [3.8, 4) is 0 Å². The molecule has 1 saturated carbocycles. The summed E-state index contributed by atoms with van der Waals surface area (Å²) < 4.78 is 2.17. The number of carbonyl (C=O) groups excluding carboxylic acids is 1. The number of carbonyl (C=O) groups is 1. The summed E-state index contributed by atoms with van der Waals surface area (Å²) in [4.78, 5) is 20.1. The van der Waals surface area contributed by atoms with Gasteiger partial charge in [0.15, 0.2) is 0 Å². The van der Waals surface area contributed by atoms with E-state index in [9.17, 15) is 4.79 Å². The second-order valence-corrected chi connectivity index (χ2v) is 7.82. The summed E-state index contributed by atoms with van der Waals surface area (Å²) in [7, 11) is 0. The molecule has 2 fully saturated rings. The Morgan fingerprint density at radius 1 is 1.12 bits per heavy atom. The van der Waals surface area contributed by atoms with Gasteiger partial charge in [-0.05, 0) is 31.2 Å². The zero-order valence-electron chi connectivity index (χ0n) is 14.7. The minimum atomic E-state index is -0.0873. The lowest BCUT2D eigenvalue weighted by molar-refractivity contribution is -0.0874. The maximum atomic E-state index is 13.5. The van der Waals surface area contributed by atoms with Gasteiger partial charge in [-0.3, -0.25) is 4.79 Å². The van der Waals surface area contributed by atoms with Crippen LogP contribution in [0.3, 0.4) is 0 Å². The molecule has 0 spiro atoms. The number of imidazole rings is 1. The van der Waals surface area contributed by atoms with Crippen LogP contribution in [0.2, 0.25) is 0 Å². The van der Waals surface area contributed by atoms with Gasteiger partial charge >= 0.3 is 0 Å². The zero-order chi connectivity index (χ0) is 16.9. The highest BCUT2D eigenvalue weighted by Gasteiger charge is 2.57. The van der Waals surface area contributed by atoms with Crippen molar-refractivity contribution in [3.05, 3.63) is 53.6 Å². The Bertz CT molecular complexity index is 797. The van der Waals surface area contributed by atoms with Gasteiger partial charge in [-0.1, -0.05) is 43.2 Å². The molecule has 2 aliphatic heterocycles. The van der Waals surface area contributed by atoms with E-state index in [1.807, 2.05) is 6.20 Å². The topological polar surface area (TPSA) is 38.1 Å². The highest BCUT2D eigenvalue weighted by atomic mass is 16.2. The summed E-state index contributed by atoms with van der Waals surface area (Å²) in [6.07, 6.45) is 9.98. The second kappa shape index (κ2) is 5.72. The first kappa shape index (κ1) is 15.2. The van der Waals surface area contributed by atoms with Crippen molar-refractivity contribution in [1.29, 1.82) is 0 Å². The van der Waals surface area contributed by atoms with Crippen LogP contribution in [0.15, 0.2) is 36.5 Å². The van der Waals surface area contributed by atoms with E-state index in [1.165, 1.54) is 31.2 Å². The Morgan fingerprint density at radius 2 is 2.00 bits per heavy atom. The molecule has 0 N–H and O–H groups in total. The Labute approximate surface area is 148 Å². The summed E-state index contributed by atoms with van der Waals surface area (Å²) in [5.74, 6) is 1.88. The largest absolute Gasteiger partial charge is 0.327 e. The number of amides is 1. The normalized spacial score (nSPS) is 28.0. The average Bonchev–Trinajstić information content (AvgIpc) is 3.08. The lowest BCUT2D eigenvalue weighted by atomic mass is 9.61. The summed E-state index contributed by atoms with van der Waals surface area (Å²) in [6.45, 7) is 1.83. The van der Waals surface area contributed by atoms with Crippen molar-refractivity contribution in [3.63, 3.8) is 0 Å². The van der Waals surface area contributed by atoms with Crippen molar-refractivity contribution < 1.29 is 4.79 Å². The van der Waals surface area contributed by atoms with Crippen LogP contribution in [0.5, 0.6) is 0 Å². The molecule has 1 aliphatic carbocycles. The fourth-order valence-corrected chi connectivity index (χ4v) is 5.35. The van der Waals surface area contributed by atoms with E-state index in [2.05, 4.69) is 44.8 Å². The number of hydrogen-bond acceptors (Lipinski definition) is 2. The molecule has 2 unspecified atom stereocenters. The molecule has 4 heteroatoms. The third-order valence-electron chi connectivity index (χ3n) is 6.63. The second-order valence-electron chi connectivity index (χ2n) is 7.82. The molecule has 130 valence electrons. The smallest absolute Gasteiger partial charge is 0.272 e. The lowest BCUT2D eigenvalue weighted by Crippen LogP contribution is -2.67. The third-order valence-corrected chi connectivity index (χ3v) is 6.63. The van der Waals surface area contributed by atoms with Gasteiger partial charge < -0.3 is 9.47 Å². The predicted molar refractivity (Wildman–Crippen MR) is 96.3 cm³/mol. The van der Waals surface area contributed by atoms with E-state index < -0.39 is 0 Å². The Hall–Kier alpha value is -2.10. The van der Waals surface area contributed by atoms with Crippen LogP contribution in [-0.2, 0) is 18.5 Å². The van der Waals surface area contributed by atoms with Gasteiger partial charge in [0.05, 0.1) is 11.7 Å². The predicted octanol–water partition coefficient (Wildman–Crippen LogP) is 3.76. The maximum Gasteiger partial charge on any atom is 0.272 e. The van der Waals surface area contributed by atoms with Crippen LogP contribution in [0.25, 0.3) is 0 Å². The fourth-order valence-electron chi connectivity index (χ4n) is 5.35. The summed E-state index contributed by atoms with van der Waals surface area (Å²) in [6, 6.07) is 10.7. The summed E-state index contributed by atoms with van der Waals surface area (Å²) >= 11 is 0. The first-order valence-electron chi connectivity index (χ1n) is 9.72. The van der Waals surface area contributed by atoms with Crippen LogP contribution < -0.4 is 0 Å². The van der Waals surface area contributed by atoms with Crippen LogP contribution >= 0.6 is 0 Å². The molecule has 1 aromatic carbocycles. The molecule has 0 radical (unpaired) electrons. The Kier molecular flexibility index (Phi) is 3.47. The summed E-state index contributed by atoms with van der Waals surface area (Å²) in [5.41, 5.74) is 2.03. The monoisotopic (exact) mass is 335 g/mol. The first-order valence-corrected chi connectivity index (χ1v) is 9.72. The zero-order valence-corrected chi connectivity index (χ0v) is 14.7. The minimum Gasteiger partial charge on any atom is -0.327 e. The lowest BCUT2D eigenvalue weighted by Gasteiger charge is -2.61. The van der Waals surface area contributed by atoms with E-state index in [-0.39, 0.29) is 11.4 Å². The Morgan fingerprint density at radius 3 is 2.84 bits per heavy atom. The van der Waals surface area contributed by atoms with E-state index in [0.29, 0.717) is 5.92 Å². The van der Waals surface area contributed by atoms with Crippen LogP contribution in [-0.4, -0.2) is 26.9 Å². The summed E-state index contributed by atoms with van der Waals surface area (Å²) in [5, 5.41) is 0. The molecule has 1 amide bonds. The van der Waals surface area contributed by atoms with Gasteiger partial charge in [0.2, 0.25) is 0 Å². The van der Waals surface area contributed by atoms with Crippen LogP contribution in [0, 0.1) is 5.92 Å². The molecule has 0 bridgehead atoms. The highest BCUT2D eigenvalue weighted by Crippen LogP contribution is 2.54. The molecular weight excluding hydrogens is 310 g/mol. The molecule has 1 aromatic heterocycles. The van der Waals surface area contributed by atoms with Crippen molar-refractivity contribution in [2.45, 2.75) is 57.0 Å². The van der Waals surface area contributed by atoms with Crippen molar-refractivity contribution in [2.24, 2.45) is 5.92 Å². The number of benzene rings is 1. The standard InChI is InChI=1S/C21H25N3O/c25-20(18-14-22-19-11-5-7-13-23(18)19)24-15-17-10-4-6-12-21(17,24)16-8-2-1-3-9-16/h1-3,8-9,14,17H,4-7,10-13,15H2. The molecule has 1 saturated heterocycles. The van der Waals surface area contributed by atoms with Crippen LogP contribution in [0.1, 0.15) is 60.4 Å². The maximum absolute atomic E-state index is 13.5. The number of aryl methyl sites for hydroxylation is 1. The molecule has 3 aliphatic rings. The number of nitrogens with zero attached hydrogens (tertiary/aromatic N) is 3. The molecule has 4 nitrogen and oxygen atoms in total. The molecular formula is C21H25N3O. The highest BCUT2D eigenvalue weighted by molar-refractivity contribution is 5.94. The number of aromatic nitrogens is 2. The third kappa shape index (κ3) is 2.12. The van der Waals surface area contributed by atoms with Gasteiger partial charge in [-0.25, -0.2) is 4.98 Å². The first-order chi connectivity index (χ1) is 12.3. The van der Waals surface area contributed by atoms with Crippen molar-refractivity contribution >= 4 is 5.91 Å². The van der Waals surface area contributed by atoms with Gasteiger partial charge in [0, 0.05) is 25.4 Å². The van der Waals surface area contributed by atoms with Gasteiger partial charge in [0.1, 0.15) is 11.5 Å².